The second-order valence-corrected chi connectivity index (χ2v) is 7.72. The lowest BCUT2D eigenvalue weighted by molar-refractivity contribution is -0.143. The molecule has 0 aromatic heterocycles. The number of alkyl carbamates (subject to hydrolysis) is 1. The van der Waals surface area contributed by atoms with Gasteiger partial charge in [0.15, 0.2) is 6.04 Å². The first-order valence-corrected chi connectivity index (χ1v) is 9.84. The van der Waals surface area contributed by atoms with E-state index >= 15 is 0 Å². The summed E-state index contributed by atoms with van der Waals surface area (Å²) in [6.45, 7) is 6.12. The average Bonchev–Trinajstić information content (AvgIpc) is 3.02. The summed E-state index contributed by atoms with van der Waals surface area (Å²) in [5.74, 6) is -0.970. The molecule has 29 heavy (non-hydrogen) atoms. The normalized spacial score (nSPS) is 14.8. The molecule has 0 fully saturated rings. The summed E-state index contributed by atoms with van der Waals surface area (Å²) in [5.41, 5.74) is 4.47. The highest BCUT2D eigenvalue weighted by atomic mass is 16.6. The summed E-state index contributed by atoms with van der Waals surface area (Å²) >= 11 is 0. The lowest BCUT2D eigenvalue weighted by atomic mass is 9.98. The van der Waals surface area contributed by atoms with Gasteiger partial charge in [0.2, 0.25) is 0 Å². The number of carbonyl (C=O) groups is 2. The van der Waals surface area contributed by atoms with Crippen LogP contribution in [0, 0.1) is 5.92 Å². The Balaban J connectivity index is 1.65. The average molecular weight is 397 g/mol. The van der Waals surface area contributed by atoms with Gasteiger partial charge in [-0.1, -0.05) is 62.4 Å². The Morgan fingerprint density at radius 2 is 1.55 bits per heavy atom. The lowest BCUT2D eigenvalue weighted by Crippen LogP contribution is -2.49. The molecule has 154 valence electrons. The smallest absolute Gasteiger partial charge is 0.407 e. The zero-order chi connectivity index (χ0) is 21.0. The fourth-order valence-electron chi connectivity index (χ4n) is 3.59. The van der Waals surface area contributed by atoms with Crippen LogP contribution < -0.4 is 5.32 Å². The molecule has 6 heteroatoms. The zero-order valence-electron chi connectivity index (χ0n) is 16.9. The van der Waals surface area contributed by atoms with Gasteiger partial charge < -0.3 is 19.9 Å². The molecule has 0 aliphatic heterocycles. The van der Waals surface area contributed by atoms with Crippen LogP contribution in [0.5, 0.6) is 0 Å². The molecule has 1 unspecified atom stereocenters. The van der Waals surface area contributed by atoms with Crippen LogP contribution in [-0.4, -0.2) is 42.5 Å². The molecule has 0 radical (unpaired) electrons. The number of carbonyl (C=O) groups excluding carboxylic acids is 1. The van der Waals surface area contributed by atoms with Gasteiger partial charge in [-0.2, -0.15) is 0 Å². The summed E-state index contributed by atoms with van der Waals surface area (Å²) < 4.78 is 11.0. The number of amides is 1. The topological polar surface area (TPSA) is 84.9 Å². The van der Waals surface area contributed by atoms with E-state index in [9.17, 15) is 14.7 Å². The Kier molecular flexibility index (Phi) is 6.54. The van der Waals surface area contributed by atoms with E-state index in [-0.39, 0.29) is 18.4 Å². The van der Waals surface area contributed by atoms with Gasteiger partial charge in [-0.15, -0.1) is 0 Å². The maximum atomic E-state index is 12.3. The van der Waals surface area contributed by atoms with Crippen LogP contribution in [0.3, 0.4) is 0 Å². The number of fused-ring (bicyclic) bond motifs is 3. The van der Waals surface area contributed by atoms with E-state index in [1.807, 2.05) is 50.2 Å². The number of ether oxygens (including phenoxy) is 2. The van der Waals surface area contributed by atoms with Crippen molar-refractivity contribution in [2.45, 2.75) is 38.8 Å². The molecule has 2 aromatic rings. The van der Waals surface area contributed by atoms with Crippen molar-refractivity contribution in [3.05, 3.63) is 59.7 Å². The second-order valence-electron chi connectivity index (χ2n) is 7.72. The van der Waals surface area contributed by atoms with Gasteiger partial charge in [0, 0.05) is 12.5 Å². The van der Waals surface area contributed by atoms with Gasteiger partial charge in [0.05, 0.1) is 6.10 Å². The van der Waals surface area contributed by atoms with E-state index in [4.69, 9.17) is 9.47 Å². The Labute approximate surface area is 170 Å². The molecule has 0 bridgehead atoms. The Morgan fingerprint density at radius 1 is 1.00 bits per heavy atom. The SMILES string of the molecule is CC(C)COC(C)[C@@H](NC(=O)OCC1c2ccccc2-c2ccccc21)C(=O)O. The molecule has 2 N–H and O–H groups in total. The maximum Gasteiger partial charge on any atom is 0.407 e. The summed E-state index contributed by atoms with van der Waals surface area (Å²) in [4.78, 5) is 23.9. The van der Waals surface area contributed by atoms with E-state index in [2.05, 4.69) is 17.4 Å². The standard InChI is InChI=1S/C23H27NO5/c1-14(2)12-28-15(3)21(22(25)26)24-23(27)29-13-20-18-10-6-4-8-16(18)17-9-5-7-11-19(17)20/h4-11,14-15,20-21H,12-13H2,1-3H3,(H,24,27)(H,25,26)/t15?,21-/m1/s1. The van der Waals surface area contributed by atoms with Gasteiger partial charge in [-0.05, 0) is 35.1 Å². The Bertz CT molecular complexity index is 834. The van der Waals surface area contributed by atoms with Crippen LogP contribution in [0.25, 0.3) is 11.1 Å². The number of rotatable bonds is 8. The van der Waals surface area contributed by atoms with Crippen LogP contribution >= 0.6 is 0 Å². The van der Waals surface area contributed by atoms with Crippen molar-refractivity contribution in [1.82, 2.24) is 5.32 Å². The molecule has 3 rings (SSSR count). The van der Waals surface area contributed by atoms with Crippen molar-refractivity contribution in [2.24, 2.45) is 5.92 Å². The van der Waals surface area contributed by atoms with Crippen molar-refractivity contribution in [1.29, 1.82) is 0 Å². The quantitative estimate of drug-likeness (QED) is 0.702. The maximum absolute atomic E-state index is 12.3. The van der Waals surface area contributed by atoms with Crippen LogP contribution in [0.15, 0.2) is 48.5 Å². The van der Waals surface area contributed by atoms with E-state index in [0.29, 0.717) is 6.61 Å². The number of hydrogen-bond acceptors (Lipinski definition) is 4. The predicted molar refractivity (Wildman–Crippen MR) is 110 cm³/mol. The summed E-state index contributed by atoms with van der Waals surface area (Å²) in [6, 6.07) is 14.9. The summed E-state index contributed by atoms with van der Waals surface area (Å²) in [7, 11) is 0. The van der Waals surface area contributed by atoms with Gasteiger partial charge >= 0.3 is 12.1 Å². The van der Waals surface area contributed by atoms with Crippen molar-refractivity contribution < 1.29 is 24.2 Å². The molecule has 0 saturated heterocycles. The minimum absolute atomic E-state index is 0.0777. The van der Waals surface area contributed by atoms with Crippen LogP contribution in [-0.2, 0) is 14.3 Å². The molecular formula is C23H27NO5. The highest BCUT2D eigenvalue weighted by Crippen LogP contribution is 2.44. The van der Waals surface area contributed by atoms with E-state index in [1.165, 1.54) is 0 Å². The van der Waals surface area contributed by atoms with Gasteiger partial charge in [-0.3, -0.25) is 0 Å². The molecule has 0 spiro atoms. The van der Waals surface area contributed by atoms with Crippen LogP contribution in [0.2, 0.25) is 0 Å². The van der Waals surface area contributed by atoms with Gasteiger partial charge in [0.1, 0.15) is 6.61 Å². The Hall–Kier alpha value is -2.86. The Morgan fingerprint density at radius 3 is 2.07 bits per heavy atom. The molecular weight excluding hydrogens is 370 g/mol. The molecule has 0 saturated carbocycles. The third-order valence-electron chi connectivity index (χ3n) is 5.04. The first-order chi connectivity index (χ1) is 13.9. The van der Waals surface area contributed by atoms with Gasteiger partial charge in [-0.25, -0.2) is 9.59 Å². The monoisotopic (exact) mass is 397 g/mol. The third-order valence-corrected chi connectivity index (χ3v) is 5.04. The highest BCUT2D eigenvalue weighted by molar-refractivity contribution is 5.81. The summed E-state index contributed by atoms with van der Waals surface area (Å²) in [6.07, 6.45) is -1.44. The van der Waals surface area contributed by atoms with Crippen LogP contribution in [0.1, 0.15) is 37.8 Å². The molecule has 2 atom stereocenters. The zero-order valence-corrected chi connectivity index (χ0v) is 16.9. The molecule has 0 heterocycles. The largest absolute Gasteiger partial charge is 0.480 e. The number of hydrogen-bond donors (Lipinski definition) is 2. The number of benzene rings is 2. The van der Waals surface area contributed by atoms with E-state index < -0.39 is 24.2 Å². The predicted octanol–water partition coefficient (Wildman–Crippen LogP) is 4.04. The minimum Gasteiger partial charge on any atom is -0.480 e. The molecule has 1 aliphatic rings. The van der Waals surface area contributed by atoms with Crippen molar-refractivity contribution in [3.8, 4) is 11.1 Å². The first-order valence-electron chi connectivity index (χ1n) is 9.84. The first kappa shape index (κ1) is 20.9. The van der Waals surface area contributed by atoms with Crippen molar-refractivity contribution >= 4 is 12.1 Å². The summed E-state index contributed by atoms with van der Waals surface area (Å²) in [5, 5.41) is 11.9. The number of aliphatic carboxylic acids is 1. The van der Waals surface area contributed by atoms with E-state index in [0.717, 1.165) is 22.3 Å². The highest BCUT2D eigenvalue weighted by Gasteiger charge is 2.31. The molecule has 6 nitrogen and oxygen atoms in total. The third kappa shape index (κ3) is 4.77. The second kappa shape index (κ2) is 9.09. The van der Waals surface area contributed by atoms with Crippen molar-refractivity contribution in [2.75, 3.05) is 13.2 Å². The van der Waals surface area contributed by atoms with Gasteiger partial charge in [0.25, 0.3) is 0 Å². The van der Waals surface area contributed by atoms with Crippen LogP contribution in [0.4, 0.5) is 4.79 Å². The fraction of sp³-hybridized carbons (Fsp3) is 0.391. The fourth-order valence-corrected chi connectivity index (χ4v) is 3.59. The van der Waals surface area contributed by atoms with Crippen molar-refractivity contribution in [3.63, 3.8) is 0 Å². The molecule has 1 aliphatic carbocycles. The number of nitrogens with one attached hydrogen (secondary N) is 1. The minimum atomic E-state index is -1.18. The number of carboxylic acid groups (broad SMARTS) is 1. The number of carboxylic acids is 1. The lowest BCUT2D eigenvalue weighted by Gasteiger charge is -2.23. The van der Waals surface area contributed by atoms with E-state index in [1.54, 1.807) is 6.92 Å². The molecule has 1 amide bonds. The molecule has 2 aromatic carbocycles.